The highest BCUT2D eigenvalue weighted by molar-refractivity contribution is 6.99. The SMILES string of the molecule is c1ccc(N2c3ccccc3B3c4ccccc4Oc4cc5c(c2c43)c2ccccc2n5-c2ccccc2)cc1. The van der Waals surface area contributed by atoms with Crippen LogP contribution in [0.2, 0.25) is 0 Å². The summed E-state index contributed by atoms with van der Waals surface area (Å²) in [6, 6.07) is 49.8. The van der Waals surface area contributed by atoms with Crippen LogP contribution in [0, 0.1) is 0 Å². The first kappa shape index (κ1) is 21.7. The second-order valence-electron chi connectivity index (χ2n) is 10.5. The van der Waals surface area contributed by atoms with Gasteiger partial charge >= 0.3 is 0 Å². The van der Waals surface area contributed by atoms with Gasteiger partial charge in [-0.05, 0) is 58.9 Å². The number of hydrogen-bond donors (Lipinski definition) is 0. The van der Waals surface area contributed by atoms with Crippen LogP contribution in [0.15, 0.2) is 140 Å². The minimum absolute atomic E-state index is 0.0781. The smallest absolute Gasteiger partial charge is 0.256 e. The fraction of sp³-hybridized carbons (Fsp3) is 0. The lowest BCUT2D eigenvalue weighted by atomic mass is 9.34. The van der Waals surface area contributed by atoms with Gasteiger partial charge in [-0.1, -0.05) is 91.0 Å². The van der Waals surface area contributed by atoms with Gasteiger partial charge in [0.15, 0.2) is 0 Å². The molecule has 186 valence electrons. The summed E-state index contributed by atoms with van der Waals surface area (Å²) in [5, 5.41) is 2.47. The van der Waals surface area contributed by atoms with Gasteiger partial charge in [-0.2, -0.15) is 0 Å². The topological polar surface area (TPSA) is 17.4 Å². The first-order valence-electron chi connectivity index (χ1n) is 13.7. The second-order valence-corrected chi connectivity index (χ2v) is 10.5. The predicted octanol–water partition coefficient (Wildman–Crippen LogP) is 7.19. The molecule has 0 spiro atoms. The van der Waals surface area contributed by atoms with Gasteiger partial charge in [-0.15, -0.1) is 0 Å². The van der Waals surface area contributed by atoms with Crippen molar-refractivity contribution in [3.05, 3.63) is 140 Å². The van der Waals surface area contributed by atoms with E-state index in [4.69, 9.17) is 4.74 Å². The van der Waals surface area contributed by atoms with Crippen molar-refractivity contribution in [2.24, 2.45) is 0 Å². The van der Waals surface area contributed by atoms with E-state index in [0.717, 1.165) is 28.4 Å². The Hall–Kier alpha value is -5.22. The van der Waals surface area contributed by atoms with Gasteiger partial charge in [-0.25, -0.2) is 0 Å². The van der Waals surface area contributed by atoms with Gasteiger partial charge in [0.05, 0.1) is 16.7 Å². The molecule has 4 heteroatoms. The first-order valence-corrected chi connectivity index (χ1v) is 13.7. The Kier molecular flexibility index (Phi) is 4.41. The van der Waals surface area contributed by atoms with Crippen molar-refractivity contribution >= 4 is 62.0 Å². The van der Waals surface area contributed by atoms with Crippen molar-refractivity contribution in [1.82, 2.24) is 4.57 Å². The Labute approximate surface area is 232 Å². The standard InChI is InChI=1S/C36H23BN2O/c1-3-13-24(14-4-1)38-29-20-10-7-17-26(29)34-31(38)23-33-35-36(34)39(25-15-5-2-6-16-25)30-21-11-8-18-27(30)37(35)28-19-9-12-22-32(28)40-33/h1-23H. The van der Waals surface area contributed by atoms with Crippen LogP contribution < -0.4 is 26.0 Å². The van der Waals surface area contributed by atoms with Crippen LogP contribution in [0.1, 0.15) is 0 Å². The molecule has 2 aliphatic rings. The number of nitrogens with zero attached hydrogens (tertiary/aromatic N) is 2. The van der Waals surface area contributed by atoms with E-state index in [1.165, 1.54) is 44.1 Å². The largest absolute Gasteiger partial charge is 0.458 e. The minimum atomic E-state index is 0.0781. The molecule has 9 rings (SSSR count). The molecule has 3 heterocycles. The number of benzene rings is 6. The molecular weight excluding hydrogens is 487 g/mol. The third-order valence-electron chi connectivity index (χ3n) is 8.42. The number of aromatic nitrogens is 1. The summed E-state index contributed by atoms with van der Waals surface area (Å²) >= 11 is 0. The molecule has 0 atom stereocenters. The summed E-state index contributed by atoms with van der Waals surface area (Å²) in [7, 11) is 0. The maximum atomic E-state index is 6.78. The van der Waals surface area contributed by atoms with Crippen LogP contribution in [0.4, 0.5) is 17.1 Å². The van der Waals surface area contributed by atoms with Crippen LogP contribution in [-0.4, -0.2) is 11.3 Å². The van der Waals surface area contributed by atoms with Crippen LogP contribution in [0.3, 0.4) is 0 Å². The fourth-order valence-corrected chi connectivity index (χ4v) is 6.86. The normalized spacial score (nSPS) is 13.1. The Morgan fingerprint density at radius 2 is 1.18 bits per heavy atom. The lowest BCUT2D eigenvalue weighted by molar-refractivity contribution is 0.488. The molecule has 3 nitrogen and oxygen atoms in total. The summed E-state index contributed by atoms with van der Waals surface area (Å²) in [4.78, 5) is 2.45. The van der Waals surface area contributed by atoms with Gasteiger partial charge < -0.3 is 14.2 Å². The van der Waals surface area contributed by atoms with Crippen molar-refractivity contribution in [3.8, 4) is 17.2 Å². The molecule has 0 fully saturated rings. The molecule has 0 amide bonds. The molecule has 0 saturated heterocycles. The average Bonchev–Trinajstić information content (AvgIpc) is 3.35. The summed E-state index contributed by atoms with van der Waals surface area (Å²) in [6.07, 6.45) is 0. The molecule has 0 bridgehead atoms. The maximum Gasteiger partial charge on any atom is 0.256 e. The van der Waals surface area contributed by atoms with E-state index < -0.39 is 0 Å². The third kappa shape index (κ3) is 2.85. The van der Waals surface area contributed by atoms with Crippen LogP contribution in [0.5, 0.6) is 11.5 Å². The van der Waals surface area contributed by atoms with Gasteiger partial charge in [0.1, 0.15) is 11.5 Å². The van der Waals surface area contributed by atoms with Gasteiger partial charge in [0.2, 0.25) is 0 Å². The quantitative estimate of drug-likeness (QED) is 0.229. The fourth-order valence-electron chi connectivity index (χ4n) is 6.86. The van der Waals surface area contributed by atoms with E-state index in [0.29, 0.717) is 0 Å². The first-order chi connectivity index (χ1) is 19.9. The third-order valence-corrected chi connectivity index (χ3v) is 8.42. The zero-order valence-corrected chi connectivity index (χ0v) is 21.7. The van der Waals surface area contributed by atoms with Gasteiger partial charge in [0, 0.05) is 33.9 Å². The maximum absolute atomic E-state index is 6.78. The van der Waals surface area contributed by atoms with Crippen LogP contribution in [-0.2, 0) is 0 Å². The number of anilines is 3. The van der Waals surface area contributed by atoms with E-state index in [-0.39, 0.29) is 6.71 Å². The number of fused-ring (bicyclic) bond motifs is 8. The Bertz CT molecular complexity index is 2100. The van der Waals surface area contributed by atoms with E-state index in [1.54, 1.807) is 0 Å². The highest BCUT2D eigenvalue weighted by Crippen LogP contribution is 2.47. The number of hydrogen-bond acceptors (Lipinski definition) is 2. The Morgan fingerprint density at radius 1 is 0.525 bits per heavy atom. The lowest BCUT2D eigenvalue weighted by Crippen LogP contribution is -2.59. The van der Waals surface area contributed by atoms with Crippen LogP contribution in [0.25, 0.3) is 27.5 Å². The summed E-state index contributed by atoms with van der Waals surface area (Å²) in [6.45, 7) is 0.0781. The van der Waals surface area contributed by atoms with E-state index in [2.05, 4.69) is 149 Å². The Morgan fingerprint density at radius 3 is 2.00 bits per heavy atom. The highest BCUT2D eigenvalue weighted by Gasteiger charge is 2.43. The molecule has 1 aromatic heterocycles. The zero-order chi connectivity index (χ0) is 26.2. The molecule has 0 radical (unpaired) electrons. The molecule has 6 aromatic carbocycles. The number of para-hydroxylation sites is 5. The summed E-state index contributed by atoms with van der Waals surface area (Å²) in [5.74, 6) is 1.84. The monoisotopic (exact) mass is 510 g/mol. The van der Waals surface area contributed by atoms with Crippen molar-refractivity contribution in [2.75, 3.05) is 4.90 Å². The summed E-state index contributed by atoms with van der Waals surface area (Å²) in [5.41, 5.74) is 10.7. The molecule has 0 aliphatic carbocycles. The molecule has 40 heavy (non-hydrogen) atoms. The van der Waals surface area contributed by atoms with E-state index in [9.17, 15) is 0 Å². The predicted molar refractivity (Wildman–Crippen MR) is 167 cm³/mol. The van der Waals surface area contributed by atoms with Crippen molar-refractivity contribution in [3.63, 3.8) is 0 Å². The van der Waals surface area contributed by atoms with Crippen molar-refractivity contribution < 1.29 is 4.74 Å². The molecule has 2 aliphatic heterocycles. The van der Waals surface area contributed by atoms with E-state index in [1.807, 2.05) is 0 Å². The number of rotatable bonds is 2. The average molecular weight is 510 g/mol. The lowest BCUT2D eigenvalue weighted by Gasteiger charge is -2.40. The van der Waals surface area contributed by atoms with Gasteiger partial charge in [-0.3, -0.25) is 0 Å². The van der Waals surface area contributed by atoms with Crippen LogP contribution >= 0.6 is 0 Å². The molecule has 7 aromatic rings. The van der Waals surface area contributed by atoms with E-state index >= 15 is 0 Å². The molecular formula is C36H23BN2O. The Balaban J connectivity index is 1.51. The highest BCUT2D eigenvalue weighted by atomic mass is 16.5. The number of ether oxygens (including phenoxy) is 1. The minimum Gasteiger partial charge on any atom is -0.458 e. The van der Waals surface area contributed by atoms with Crippen molar-refractivity contribution in [2.45, 2.75) is 0 Å². The zero-order valence-electron chi connectivity index (χ0n) is 21.7. The molecule has 0 N–H and O–H groups in total. The molecule has 0 saturated carbocycles. The second kappa shape index (κ2) is 8.14. The molecule has 0 unspecified atom stereocenters. The summed E-state index contributed by atoms with van der Waals surface area (Å²) < 4.78 is 9.16. The van der Waals surface area contributed by atoms with Gasteiger partial charge in [0.25, 0.3) is 6.71 Å². The van der Waals surface area contributed by atoms with Crippen molar-refractivity contribution in [1.29, 1.82) is 0 Å².